The van der Waals surface area contributed by atoms with E-state index in [9.17, 15) is 4.79 Å². The smallest absolute Gasteiger partial charge is 0.224 e. The lowest BCUT2D eigenvalue weighted by molar-refractivity contribution is -0.115. The van der Waals surface area contributed by atoms with Crippen molar-refractivity contribution in [1.82, 2.24) is 9.97 Å². The van der Waals surface area contributed by atoms with Crippen LogP contribution in [0.15, 0.2) is 54.0 Å². The van der Waals surface area contributed by atoms with Crippen LogP contribution in [0.2, 0.25) is 0 Å². The minimum atomic E-state index is 0.0176. The number of pyridine rings is 1. The summed E-state index contributed by atoms with van der Waals surface area (Å²) in [7, 11) is 0. The van der Waals surface area contributed by atoms with E-state index in [1.54, 1.807) is 17.5 Å². The maximum Gasteiger partial charge on any atom is 0.224 e. The number of anilines is 1. The maximum atomic E-state index is 11.4. The van der Waals surface area contributed by atoms with Crippen molar-refractivity contribution in [3.8, 4) is 11.3 Å². The summed E-state index contributed by atoms with van der Waals surface area (Å²) in [6.07, 6.45) is 3.02. The van der Waals surface area contributed by atoms with E-state index < -0.39 is 0 Å². The number of rotatable bonds is 5. The van der Waals surface area contributed by atoms with Crippen molar-refractivity contribution in [3.05, 3.63) is 64.7 Å². The van der Waals surface area contributed by atoms with Gasteiger partial charge >= 0.3 is 0 Å². The monoisotopic (exact) mass is 323 g/mol. The standard InChI is InChI=1S/C18H17N3OS/c1-2-17(22)20-14-8-6-13(7-9-14)16-12-23-18(21-16)11-15-5-3-4-10-19-15/h3-10,12H,2,11H2,1H3,(H,20,22). The molecule has 0 saturated carbocycles. The Kier molecular flexibility index (Phi) is 4.78. The maximum absolute atomic E-state index is 11.4. The molecule has 1 amide bonds. The summed E-state index contributed by atoms with van der Waals surface area (Å²) in [4.78, 5) is 20.4. The van der Waals surface area contributed by atoms with Gasteiger partial charge in [-0.3, -0.25) is 9.78 Å². The highest BCUT2D eigenvalue weighted by Gasteiger charge is 2.06. The van der Waals surface area contributed by atoms with Gasteiger partial charge in [-0.05, 0) is 24.3 Å². The Labute approximate surface area is 139 Å². The third kappa shape index (κ3) is 4.02. The molecule has 0 aliphatic rings. The Bertz CT molecular complexity index is 782. The zero-order chi connectivity index (χ0) is 16.1. The Morgan fingerprint density at radius 2 is 2.00 bits per heavy atom. The topological polar surface area (TPSA) is 54.9 Å². The molecule has 3 aromatic rings. The van der Waals surface area contributed by atoms with E-state index in [2.05, 4.69) is 20.7 Å². The molecule has 0 saturated heterocycles. The molecule has 0 atom stereocenters. The second kappa shape index (κ2) is 7.15. The van der Waals surface area contributed by atoms with Gasteiger partial charge in [-0.25, -0.2) is 4.98 Å². The molecule has 0 bridgehead atoms. The van der Waals surface area contributed by atoms with Crippen LogP contribution < -0.4 is 5.32 Å². The van der Waals surface area contributed by atoms with Crippen LogP contribution in [0.25, 0.3) is 11.3 Å². The van der Waals surface area contributed by atoms with E-state index in [0.29, 0.717) is 6.42 Å². The zero-order valence-electron chi connectivity index (χ0n) is 12.8. The van der Waals surface area contributed by atoms with Crippen LogP contribution in [0.4, 0.5) is 5.69 Å². The number of carbonyl (C=O) groups excluding carboxylic acids is 1. The number of aromatic nitrogens is 2. The Hall–Kier alpha value is -2.53. The third-order valence-electron chi connectivity index (χ3n) is 3.40. The van der Waals surface area contributed by atoms with Crippen LogP contribution in [0.5, 0.6) is 0 Å². The molecule has 0 radical (unpaired) electrons. The molecule has 0 aliphatic carbocycles. The molecular weight excluding hydrogens is 306 g/mol. The largest absolute Gasteiger partial charge is 0.326 e. The van der Waals surface area contributed by atoms with Gasteiger partial charge < -0.3 is 5.32 Å². The molecule has 23 heavy (non-hydrogen) atoms. The van der Waals surface area contributed by atoms with E-state index in [0.717, 1.165) is 34.1 Å². The van der Waals surface area contributed by atoms with Crippen molar-refractivity contribution < 1.29 is 4.79 Å². The summed E-state index contributed by atoms with van der Waals surface area (Å²) in [5, 5.41) is 5.94. The molecule has 116 valence electrons. The average molecular weight is 323 g/mol. The van der Waals surface area contributed by atoms with Gasteiger partial charge in [0.25, 0.3) is 0 Å². The minimum absolute atomic E-state index is 0.0176. The van der Waals surface area contributed by atoms with Gasteiger partial charge in [0.15, 0.2) is 0 Å². The second-order valence-corrected chi connectivity index (χ2v) is 6.05. The molecular formula is C18H17N3OS. The molecule has 1 aromatic carbocycles. The third-order valence-corrected chi connectivity index (χ3v) is 4.24. The first-order valence-corrected chi connectivity index (χ1v) is 8.37. The van der Waals surface area contributed by atoms with E-state index in [1.807, 2.05) is 49.4 Å². The van der Waals surface area contributed by atoms with E-state index in [1.165, 1.54) is 0 Å². The predicted molar refractivity (Wildman–Crippen MR) is 93.5 cm³/mol. The number of nitrogens with zero attached hydrogens (tertiary/aromatic N) is 2. The average Bonchev–Trinajstić information content (AvgIpc) is 3.05. The summed E-state index contributed by atoms with van der Waals surface area (Å²) in [6.45, 7) is 1.84. The molecule has 5 heteroatoms. The first-order valence-electron chi connectivity index (χ1n) is 7.49. The molecule has 4 nitrogen and oxygen atoms in total. The number of thiazole rings is 1. The molecule has 0 aliphatic heterocycles. The summed E-state index contributed by atoms with van der Waals surface area (Å²) < 4.78 is 0. The van der Waals surface area contributed by atoms with Crippen molar-refractivity contribution in [1.29, 1.82) is 0 Å². The summed E-state index contributed by atoms with van der Waals surface area (Å²) in [5.74, 6) is 0.0176. The van der Waals surface area contributed by atoms with Crippen LogP contribution in [0.3, 0.4) is 0 Å². The van der Waals surface area contributed by atoms with Gasteiger partial charge in [0.2, 0.25) is 5.91 Å². The lowest BCUT2D eigenvalue weighted by Gasteiger charge is -2.04. The van der Waals surface area contributed by atoms with Crippen LogP contribution >= 0.6 is 11.3 Å². The lowest BCUT2D eigenvalue weighted by Crippen LogP contribution is -2.08. The van der Waals surface area contributed by atoms with Gasteiger partial charge in [0.05, 0.1) is 10.7 Å². The fourth-order valence-electron chi connectivity index (χ4n) is 2.16. The van der Waals surface area contributed by atoms with Crippen LogP contribution in [0.1, 0.15) is 24.0 Å². The van der Waals surface area contributed by atoms with Gasteiger partial charge in [-0.2, -0.15) is 0 Å². The normalized spacial score (nSPS) is 10.5. The van der Waals surface area contributed by atoms with E-state index in [-0.39, 0.29) is 5.91 Å². The van der Waals surface area contributed by atoms with Gasteiger partial charge in [0, 0.05) is 41.4 Å². The minimum Gasteiger partial charge on any atom is -0.326 e. The van der Waals surface area contributed by atoms with Crippen molar-refractivity contribution in [3.63, 3.8) is 0 Å². The van der Waals surface area contributed by atoms with Crippen LogP contribution in [-0.2, 0) is 11.2 Å². The van der Waals surface area contributed by atoms with Gasteiger partial charge in [0.1, 0.15) is 0 Å². The molecule has 2 aromatic heterocycles. The summed E-state index contributed by atoms with van der Waals surface area (Å²) in [6, 6.07) is 13.7. The fourth-order valence-corrected chi connectivity index (χ4v) is 2.97. The first-order chi connectivity index (χ1) is 11.2. The van der Waals surface area contributed by atoms with E-state index >= 15 is 0 Å². The molecule has 1 N–H and O–H groups in total. The van der Waals surface area contributed by atoms with Crippen LogP contribution in [0, 0.1) is 0 Å². The predicted octanol–water partition coefficient (Wildman–Crippen LogP) is 4.14. The number of hydrogen-bond donors (Lipinski definition) is 1. The Morgan fingerprint density at radius 3 is 2.70 bits per heavy atom. The van der Waals surface area contributed by atoms with E-state index in [4.69, 9.17) is 0 Å². The zero-order valence-corrected chi connectivity index (χ0v) is 13.6. The molecule has 0 unspecified atom stereocenters. The highest BCUT2D eigenvalue weighted by atomic mass is 32.1. The van der Waals surface area contributed by atoms with Gasteiger partial charge in [-0.15, -0.1) is 11.3 Å². The number of nitrogens with one attached hydrogen (secondary N) is 1. The number of benzene rings is 1. The molecule has 0 fully saturated rings. The molecule has 2 heterocycles. The first kappa shape index (κ1) is 15.4. The number of amides is 1. The van der Waals surface area contributed by atoms with Crippen LogP contribution in [-0.4, -0.2) is 15.9 Å². The number of hydrogen-bond acceptors (Lipinski definition) is 4. The Morgan fingerprint density at radius 1 is 1.17 bits per heavy atom. The fraction of sp³-hybridized carbons (Fsp3) is 0.167. The second-order valence-electron chi connectivity index (χ2n) is 5.10. The SMILES string of the molecule is CCC(=O)Nc1ccc(-c2csc(Cc3ccccn3)n2)cc1. The van der Waals surface area contributed by atoms with Crippen molar-refractivity contribution in [2.45, 2.75) is 19.8 Å². The quantitative estimate of drug-likeness (QED) is 0.767. The van der Waals surface area contributed by atoms with Crippen molar-refractivity contribution >= 4 is 22.9 Å². The van der Waals surface area contributed by atoms with Gasteiger partial charge in [-0.1, -0.05) is 25.1 Å². The lowest BCUT2D eigenvalue weighted by atomic mass is 10.1. The highest BCUT2D eigenvalue weighted by Crippen LogP contribution is 2.24. The van der Waals surface area contributed by atoms with Crippen molar-refractivity contribution in [2.24, 2.45) is 0 Å². The number of carbonyl (C=O) groups is 1. The Balaban J connectivity index is 1.71. The summed E-state index contributed by atoms with van der Waals surface area (Å²) >= 11 is 1.64. The molecule has 0 spiro atoms. The summed E-state index contributed by atoms with van der Waals surface area (Å²) in [5.41, 5.74) is 3.83. The highest BCUT2D eigenvalue weighted by molar-refractivity contribution is 7.10. The van der Waals surface area contributed by atoms with Crippen molar-refractivity contribution in [2.75, 3.05) is 5.32 Å². The molecule has 3 rings (SSSR count).